The Morgan fingerprint density at radius 1 is 1.37 bits per heavy atom. The van der Waals surface area contributed by atoms with Gasteiger partial charge in [0.2, 0.25) is 0 Å². The van der Waals surface area contributed by atoms with Crippen LogP contribution in [0.2, 0.25) is 0 Å². The van der Waals surface area contributed by atoms with Crippen molar-refractivity contribution in [2.75, 3.05) is 5.32 Å². The van der Waals surface area contributed by atoms with Gasteiger partial charge in [0, 0.05) is 18.1 Å². The summed E-state index contributed by atoms with van der Waals surface area (Å²) in [6.07, 6.45) is -0.780. The van der Waals surface area contributed by atoms with Crippen LogP contribution in [0.15, 0.2) is 36.9 Å². The molecule has 1 amide bonds. The number of phenols is 1. The number of anilines is 1. The first-order valence-electron chi connectivity index (χ1n) is 5.07. The van der Waals surface area contributed by atoms with E-state index in [-0.39, 0.29) is 5.69 Å². The van der Waals surface area contributed by atoms with Crippen LogP contribution in [-0.4, -0.2) is 20.7 Å². The van der Waals surface area contributed by atoms with Gasteiger partial charge in [-0.15, -0.1) is 0 Å². The van der Waals surface area contributed by atoms with Gasteiger partial charge in [0.05, 0.1) is 5.56 Å². The van der Waals surface area contributed by atoms with E-state index in [4.69, 9.17) is 5.11 Å². The lowest BCUT2D eigenvalue weighted by molar-refractivity contribution is -0.138. The molecule has 2 N–H and O–H groups in total. The largest absolute Gasteiger partial charge is 0.507 e. The summed E-state index contributed by atoms with van der Waals surface area (Å²) in [5.74, 6) is -0.895. The molecule has 0 atom stereocenters. The van der Waals surface area contributed by atoms with Crippen LogP contribution in [0.25, 0.3) is 0 Å². The Morgan fingerprint density at radius 3 is 2.68 bits per heavy atom. The van der Waals surface area contributed by atoms with E-state index in [1.165, 1.54) is 24.8 Å². The fourth-order valence-electron chi connectivity index (χ4n) is 1.41. The molecule has 5 nitrogen and oxygen atoms in total. The summed E-state index contributed by atoms with van der Waals surface area (Å²) < 4.78 is 38.7. The average Bonchev–Trinajstić information content (AvgIpc) is 2.83. The Labute approximate surface area is 105 Å². The van der Waals surface area contributed by atoms with Gasteiger partial charge in [0.15, 0.2) is 0 Å². The van der Waals surface area contributed by atoms with E-state index < -0.39 is 23.5 Å². The molecule has 19 heavy (non-hydrogen) atoms. The number of carbonyl (C=O) groups excluding carboxylic acids is 1. The van der Waals surface area contributed by atoms with E-state index in [0.29, 0.717) is 6.07 Å². The quantitative estimate of drug-likeness (QED) is 0.783. The lowest BCUT2D eigenvalue weighted by atomic mass is 10.1. The molecule has 0 fully saturated rings. The summed E-state index contributed by atoms with van der Waals surface area (Å²) in [7, 11) is 0. The van der Waals surface area contributed by atoms with Crippen LogP contribution in [-0.2, 0) is 6.18 Å². The molecule has 0 unspecified atom stereocenters. The minimum atomic E-state index is -4.69. The van der Waals surface area contributed by atoms with E-state index in [9.17, 15) is 18.0 Å². The smallest absolute Gasteiger partial charge is 0.420 e. The lowest BCUT2D eigenvalue weighted by Gasteiger charge is -2.11. The molecule has 0 aliphatic heterocycles. The number of nitrogens with one attached hydrogen (secondary N) is 1. The van der Waals surface area contributed by atoms with Crippen molar-refractivity contribution in [3.63, 3.8) is 0 Å². The summed E-state index contributed by atoms with van der Waals surface area (Å²) in [4.78, 5) is 15.2. The molecule has 2 rings (SSSR count). The molecule has 1 aromatic carbocycles. The zero-order valence-corrected chi connectivity index (χ0v) is 9.35. The van der Waals surface area contributed by atoms with Gasteiger partial charge in [-0.3, -0.25) is 4.57 Å². The number of phenolic OH excluding ortho intramolecular Hbond substituents is 1. The molecule has 2 aromatic rings. The van der Waals surface area contributed by atoms with Crippen LogP contribution in [0.4, 0.5) is 23.7 Å². The van der Waals surface area contributed by atoms with Gasteiger partial charge in [-0.2, -0.15) is 13.2 Å². The van der Waals surface area contributed by atoms with Gasteiger partial charge in [0.25, 0.3) is 0 Å². The first kappa shape index (κ1) is 12.9. The predicted octanol–water partition coefficient (Wildman–Crippen LogP) is 2.69. The summed E-state index contributed by atoms with van der Waals surface area (Å²) >= 11 is 0. The fraction of sp³-hybridized carbons (Fsp3) is 0.0909. The second-order valence-electron chi connectivity index (χ2n) is 3.63. The molecule has 8 heteroatoms. The number of hydrogen-bond donors (Lipinski definition) is 2. The minimum Gasteiger partial charge on any atom is -0.507 e. The van der Waals surface area contributed by atoms with Crippen molar-refractivity contribution in [2.24, 2.45) is 0 Å². The highest BCUT2D eigenvalue weighted by molar-refractivity contribution is 5.91. The maximum absolute atomic E-state index is 12.6. The van der Waals surface area contributed by atoms with E-state index in [1.807, 2.05) is 0 Å². The number of carbonyl (C=O) groups is 1. The zero-order valence-electron chi connectivity index (χ0n) is 9.35. The van der Waals surface area contributed by atoms with Crippen molar-refractivity contribution >= 4 is 11.7 Å². The number of benzene rings is 1. The fourth-order valence-corrected chi connectivity index (χ4v) is 1.41. The lowest BCUT2D eigenvalue weighted by Crippen LogP contribution is -2.18. The summed E-state index contributed by atoms with van der Waals surface area (Å²) in [6, 6.07) is 2.03. The average molecular weight is 271 g/mol. The topological polar surface area (TPSA) is 67.2 Å². The van der Waals surface area contributed by atoms with Gasteiger partial charge in [-0.05, 0) is 18.2 Å². The van der Waals surface area contributed by atoms with Crippen molar-refractivity contribution in [1.29, 1.82) is 0 Å². The Morgan fingerprint density at radius 2 is 2.11 bits per heavy atom. The number of alkyl halides is 3. The van der Waals surface area contributed by atoms with Crippen LogP contribution in [0.1, 0.15) is 5.56 Å². The molecule has 0 bridgehead atoms. The third kappa shape index (κ3) is 2.84. The van der Waals surface area contributed by atoms with Crippen LogP contribution in [0.5, 0.6) is 5.75 Å². The Hall–Kier alpha value is -2.51. The second-order valence-corrected chi connectivity index (χ2v) is 3.63. The molecule has 1 heterocycles. The molecular weight excluding hydrogens is 263 g/mol. The Kier molecular flexibility index (Phi) is 3.16. The number of rotatable bonds is 1. The monoisotopic (exact) mass is 271 g/mol. The maximum Gasteiger partial charge on any atom is 0.420 e. The third-order valence-corrected chi connectivity index (χ3v) is 2.29. The normalized spacial score (nSPS) is 11.3. The first-order valence-corrected chi connectivity index (χ1v) is 5.07. The van der Waals surface area contributed by atoms with Crippen molar-refractivity contribution < 1.29 is 23.1 Å². The van der Waals surface area contributed by atoms with Gasteiger partial charge >= 0.3 is 12.2 Å². The highest BCUT2D eigenvalue weighted by Crippen LogP contribution is 2.37. The molecule has 100 valence electrons. The van der Waals surface area contributed by atoms with Crippen molar-refractivity contribution in [1.82, 2.24) is 9.55 Å². The zero-order chi connectivity index (χ0) is 14.0. The third-order valence-electron chi connectivity index (χ3n) is 2.29. The predicted molar refractivity (Wildman–Crippen MR) is 59.8 cm³/mol. The Bertz CT molecular complexity index is 594. The van der Waals surface area contributed by atoms with Crippen LogP contribution >= 0.6 is 0 Å². The van der Waals surface area contributed by atoms with Crippen LogP contribution in [0, 0.1) is 0 Å². The number of imidazole rings is 1. The number of amides is 1. The van der Waals surface area contributed by atoms with Gasteiger partial charge in [0.1, 0.15) is 12.1 Å². The summed E-state index contributed by atoms with van der Waals surface area (Å²) in [6.45, 7) is 0. The number of halogens is 3. The second kappa shape index (κ2) is 4.63. The first-order chi connectivity index (χ1) is 8.88. The van der Waals surface area contributed by atoms with E-state index in [0.717, 1.165) is 10.6 Å². The highest BCUT2D eigenvalue weighted by Gasteiger charge is 2.34. The van der Waals surface area contributed by atoms with Crippen molar-refractivity contribution in [3.8, 4) is 5.75 Å². The van der Waals surface area contributed by atoms with E-state index in [1.54, 1.807) is 0 Å². The number of nitrogens with zero attached hydrogens (tertiary/aromatic N) is 2. The Balaban J connectivity index is 2.25. The number of aromatic hydroxyl groups is 1. The molecule has 0 saturated carbocycles. The van der Waals surface area contributed by atoms with Crippen molar-refractivity contribution in [3.05, 3.63) is 42.5 Å². The molecule has 0 saturated heterocycles. The van der Waals surface area contributed by atoms with Gasteiger partial charge < -0.3 is 10.4 Å². The van der Waals surface area contributed by atoms with Crippen LogP contribution < -0.4 is 5.32 Å². The minimum absolute atomic E-state index is 0.0798. The molecule has 0 spiro atoms. The molecular formula is C11H8F3N3O2. The van der Waals surface area contributed by atoms with E-state index >= 15 is 0 Å². The molecule has 0 aliphatic carbocycles. The maximum atomic E-state index is 12.6. The van der Waals surface area contributed by atoms with Crippen molar-refractivity contribution in [2.45, 2.75) is 6.18 Å². The van der Waals surface area contributed by atoms with Gasteiger partial charge in [-0.1, -0.05) is 0 Å². The summed E-state index contributed by atoms with van der Waals surface area (Å²) in [5.41, 5.74) is -1.29. The number of hydrogen-bond acceptors (Lipinski definition) is 3. The molecule has 1 aromatic heterocycles. The van der Waals surface area contributed by atoms with Gasteiger partial charge in [-0.25, -0.2) is 9.78 Å². The molecule has 0 aliphatic rings. The SMILES string of the molecule is O=C(Nc1ccc(O)c(C(F)(F)F)c1)n1ccnc1. The van der Waals surface area contributed by atoms with E-state index in [2.05, 4.69) is 10.3 Å². The summed E-state index contributed by atoms with van der Waals surface area (Å²) in [5, 5.41) is 11.4. The highest BCUT2D eigenvalue weighted by atomic mass is 19.4. The number of aromatic nitrogens is 2. The molecule has 0 radical (unpaired) electrons. The van der Waals surface area contributed by atoms with Crippen LogP contribution in [0.3, 0.4) is 0 Å². The standard InChI is InChI=1S/C11H8F3N3O2/c12-11(13,14)8-5-7(1-2-9(8)18)16-10(19)17-4-3-15-6-17/h1-6,18H,(H,16,19).